The topological polar surface area (TPSA) is 61.9 Å². The number of thiophene rings is 1. The third-order valence-electron chi connectivity index (χ3n) is 6.42. The number of ether oxygens (including phenoxy) is 1. The van der Waals surface area contributed by atoms with Crippen LogP contribution in [-0.2, 0) is 9.53 Å². The molecule has 1 aliphatic rings. The van der Waals surface area contributed by atoms with Crippen molar-refractivity contribution in [1.82, 2.24) is 9.80 Å². The fourth-order valence-electron chi connectivity index (χ4n) is 4.38. The van der Waals surface area contributed by atoms with Crippen molar-refractivity contribution in [3.8, 4) is 11.1 Å². The number of amides is 1. The van der Waals surface area contributed by atoms with Gasteiger partial charge >= 0.3 is 5.97 Å². The lowest BCUT2D eigenvalue weighted by molar-refractivity contribution is -0.117. The number of esters is 1. The second-order valence-corrected chi connectivity index (χ2v) is 9.98. The quantitative estimate of drug-likeness (QED) is 0.434. The highest BCUT2D eigenvalue weighted by Gasteiger charge is 2.24. The summed E-state index contributed by atoms with van der Waals surface area (Å²) in [5, 5.41) is 5.43. The van der Waals surface area contributed by atoms with Gasteiger partial charge in [0.1, 0.15) is 10.6 Å². The minimum absolute atomic E-state index is 0.119. The first-order valence-electron chi connectivity index (χ1n) is 12.2. The molecule has 36 heavy (non-hydrogen) atoms. The van der Waals surface area contributed by atoms with Crippen LogP contribution >= 0.6 is 11.3 Å². The van der Waals surface area contributed by atoms with Crippen molar-refractivity contribution >= 4 is 34.3 Å². The Morgan fingerprint density at radius 1 is 1.00 bits per heavy atom. The lowest BCUT2D eigenvalue weighted by Crippen LogP contribution is -2.48. The van der Waals surface area contributed by atoms with Crippen molar-refractivity contribution in [3.05, 3.63) is 82.2 Å². The van der Waals surface area contributed by atoms with Gasteiger partial charge in [-0.15, -0.1) is 11.3 Å². The summed E-state index contributed by atoms with van der Waals surface area (Å²) in [4.78, 5) is 30.1. The molecule has 0 saturated carbocycles. The molecule has 1 aromatic heterocycles. The molecule has 4 rings (SSSR count). The Balaban J connectivity index is 1.34. The number of anilines is 1. The molecule has 1 N–H and O–H groups in total. The van der Waals surface area contributed by atoms with Crippen molar-refractivity contribution in [1.29, 1.82) is 0 Å². The molecule has 1 fully saturated rings. The fraction of sp³-hybridized carbons (Fsp3) is 0.310. The van der Waals surface area contributed by atoms with Crippen LogP contribution in [0.25, 0.3) is 17.2 Å². The Hall–Kier alpha value is -3.26. The number of aryl methyl sites for hydroxylation is 2. The number of piperazine rings is 1. The molecular weight excluding hydrogens is 470 g/mol. The van der Waals surface area contributed by atoms with Crippen LogP contribution in [-0.4, -0.2) is 68.1 Å². The van der Waals surface area contributed by atoms with E-state index in [4.69, 9.17) is 4.74 Å². The number of benzene rings is 2. The average Bonchev–Trinajstić information content (AvgIpc) is 3.29. The first-order valence-corrected chi connectivity index (χ1v) is 13.1. The molecule has 6 nitrogen and oxygen atoms in total. The van der Waals surface area contributed by atoms with Crippen LogP contribution in [0.2, 0.25) is 0 Å². The van der Waals surface area contributed by atoms with E-state index in [1.165, 1.54) is 24.0 Å². The van der Waals surface area contributed by atoms with Crippen LogP contribution in [0.1, 0.15) is 27.0 Å². The molecule has 0 spiro atoms. The minimum Gasteiger partial charge on any atom is -0.465 e. The van der Waals surface area contributed by atoms with Crippen LogP contribution in [0.5, 0.6) is 0 Å². The van der Waals surface area contributed by atoms with Crippen molar-refractivity contribution in [2.24, 2.45) is 0 Å². The maximum absolute atomic E-state index is 12.9. The first kappa shape index (κ1) is 25.8. The maximum atomic E-state index is 12.9. The maximum Gasteiger partial charge on any atom is 0.341 e. The number of nitrogens with one attached hydrogen (secondary N) is 1. The number of rotatable bonds is 8. The molecule has 0 unspecified atom stereocenters. The Morgan fingerprint density at radius 3 is 2.44 bits per heavy atom. The van der Waals surface area contributed by atoms with Crippen LogP contribution in [0, 0.1) is 13.8 Å². The predicted molar refractivity (Wildman–Crippen MR) is 148 cm³/mol. The normalized spacial score (nSPS) is 14.8. The second-order valence-electron chi connectivity index (χ2n) is 9.10. The van der Waals surface area contributed by atoms with Crippen LogP contribution in [0.3, 0.4) is 0 Å². The summed E-state index contributed by atoms with van der Waals surface area (Å²) < 4.78 is 5.07. The summed E-state index contributed by atoms with van der Waals surface area (Å²) in [5.74, 6) is -0.563. The lowest BCUT2D eigenvalue weighted by atomic mass is 9.97. The summed E-state index contributed by atoms with van der Waals surface area (Å²) in [5.41, 5.74) is 5.56. The van der Waals surface area contributed by atoms with Crippen LogP contribution in [0.4, 0.5) is 5.00 Å². The van der Waals surface area contributed by atoms with Gasteiger partial charge in [0.25, 0.3) is 0 Å². The average molecular weight is 504 g/mol. The number of methoxy groups -OCH3 is 1. The van der Waals surface area contributed by atoms with E-state index in [2.05, 4.69) is 45.5 Å². The largest absolute Gasteiger partial charge is 0.465 e. The van der Waals surface area contributed by atoms with E-state index in [9.17, 15) is 9.59 Å². The van der Waals surface area contributed by atoms with E-state index >= 15 is 0 Å². The van der Waals surface area contributed by atoms with Gasteiger partial charge in [-0.1, -0.05) is 66.2 Å². The highest BCUT2D eigenvalue weighted by molar-refractivity contribution is 7.15. The molecule has 1 amide bonds. The summed E-state index contributed by atoms with van der Waals surface area (Å²) >= 11 is 1.36. The Bertz CT molecular complexity index is 1230. The van der Waals surface area contributed by atoms with E-state index in [1.54, 1.807) is 0 Å². The lowest BCUT2D eigenvalue weighted by Gasteiger charge is -2.33. The van der Waals surface area contributed by atoms with Gasteiger partial charge in [0, 0.05) is 43.7 Å². The number of carbonyl (C=O) groups excluding carboxylic acids is 2. The highest BCUT2D eigenvalue weighted by Crippen LogP contribution is 2.38. The Morgan fingerprint density at radius 2 is 1.72 bits per heavy atom. The zero-order chi connectivity index (χ0) is 25.5. The monoisotopic (exact) mass is 503 g/mol. The molecule has 0 radical (unpaired) electrons. The molecule has 188 valence electrons. The van der Waals surface area contributed by atoms with Gasteiger partial charge in [0.05, 0.1) is 13.7 Å². The molecule has 1 aliphatic heterocycles. The molecule has 3 aromatic rings. The van der Waals surface area contributed by atoms with Crippen molar-refractivity contribution in [3.63, 3.8) is 0 Å². The van der Waals surface area contributed by atoms with Gasteiger partial charge in [-0.05, 0) is 30.5 Å². The van der Waals surface area contributed by atoms with Gasteiger partial charge < -0.3 is 10.1 Å². The molecule has 0 bridgehead atoms. The third-order valence-corrected chi connectivity index (χ3v) is 7.32. The zero-order valence-corrected chi connectivity index (χ0v) is 21.9. The molecule has 7 heteroatoms. The van der Waals surface area contributed by atoms with Crippen molar-refractivity contribution in [2.75, 3.05) is 51.7 Å². The van der Waals surface area contributed by atoms with Gasteiger partial charge in [0.2, 0.25) is 5.91 Å². The number of carbonyl (C=O) groups is 2. The summed E-state index contributed by atoms with van der Waals surface area (Å²) in [6, 6.07) is 16.4. The van der Waals surface area contributed by atoms with Gasteiger partial charge in [-0.3, -0.25) is 14.6 Å². The standard InChI is InChI=1S/C29H33N3O3S/c1-21-11-12-22(2)24(18-21)25-20-36-28(27(25)29(34)35-3)30-26(33)19-32-16-14-31(15-17-32)13-7-10-23-8-5-4-6-9-23/h4-12,18,20H,13-17,19H2,1-3H3,(H,30,33)/b10-7+. The van der Waals surface area contributed by atoms with E-state index in [0.29, 0.717) is 17.1 Å². The third kappa shape index (κ3) is 6.49. The number of hydrogen-bond acceptors (Lipinski definition) is 6. The molecule has 2 heterocycles. The van der Waals surface area contributed by atoms with Crippen molar-refractivity contribution < 1.29 is 14.3 Å². The van der Waals surface area contributed by atoms with E-state index in [1.807, 2.05) is 49.6 Å². The van der Waals surface area contributed by atoms with Crippen molar-refractivity contribution in [2.45, 2.75) is 13.8 Å². The van der Waals surface area contributed by atoms with Crippen LogP contribution < -0.4 is 5.32 Å². The first-order chi connectivity index (χ1) is 17.4. The predicted octanol–water partition coefficient (Wildman–Crippen LogP) is 5.09. The minimum atomic E-state index is -0.445. The summed E-state index contributed by atoms with van der Waals surface area (Å²) in [6.45, 7) is 8.71. The molecule has 1 saturated heterocycles. The van der Waals surface area contributed by atoms with E-state index in [-0.39, 0.29) is 5.91 Å². The Kier molecular flexibility index (Phi) is 8.70. The fourth-order valence-corrected chi connectivity index (χ4v) is 5.34. The highest BCUT2D eigenvalue weighted by atomic mass is 32.1. The summed E-state index contributed by atoms with van der Waals surface area (Å²) in [6.07, 6.45) is 4.34. The Labute approximate surface area is 217 Å². The smallest absolute Gasteiger partial charge is 0.341 e. The van der Waals surface area contributed by atoms with Gasteiger partial charge in [0.15, 0.2) is 0 Å². The van der Waals surface area contributed by atoms with Gasteiger partial charge in [-0.2, -0.15) is 0 Å². The molecule has 0 aliphatic carbocycles. The summed E-state index contributed by atoms with van der Waals surface area (Å²) in [7, 11) is 1.37. The molecule has 2 aromatic carbocycles. The zero-order valence-electron chi connectivity index (χ0n) is 21.1. The SMILES string of the molecule is COC(=O)c1c(-c2cc(C)ccc2C)csc1NC(=O)CN1CCN(C/C=C/c2ccccc2)CC1. The number of hydrogen-bond donors (Lipinski definition) is 1. The number of nitrogens with zero attached hydrogens (tertiary/aromatic N) is 2. The van der Waals surface area contributed by atoms with Gasteiger partial charge in [-0.25, -0.2) is 4.79 Å². The van der Waals surface area contributed by atoms with E-state index < -0.39 is 5.97 Å². The van der Waals surface area contributed by atoms with Crippen LogP contribution in [0.15, 0.2) is 60.0 Å². The molecule has 0 atom stereocenters. The molecular formula is C29H33N3O3S. The van der Waals surface area contributed by atoms with E-state index in [0.717, 1.165) is 55.0 Å². The second kappa shape index (κ2) is 12.1.